The van der Waals surface area contributed by atoms with Gasteiger partial charge in [-0.05, 0) is 63.9 Å². The predicted octanol–water partition coefficient (Wildman–Crippen LogP) is 4.79. The van der Waals surface area contributed by atoms with E-state index in [1.807, 2.05) is 48.5 Å². The second-order valence-corrected chi connectivity index (χ2v) is 14.7. The number of likely N-dealkylation sites (tertiary alicyclic amines) is 2. The van der Waals surface area contributed by atoms with Crippen molar-refractivity contribution in [1.82, 2.24) is 29.5 Å². The van der Waals surface area contributed by atoms with E-state index < -0.39 is 11.8 Å². The normalized spacial score (nSPS) is 27.1. The Morgan fingerprint density at radius 2 is 1.74 bits per heavy atom. The molecule has 11 nitrogen and oxygen atoms in total. The summed E-state index contributed by atoms with van der Waals surface area (Å²) in [5.41, 5.74) is 0.261. The number of hydrogen-bond acceptors (Lipinski definition) is 7. The highest BCUT2D eigenvalue weighted by Crippen LogP contribution is 2.47. The average molecular weight is 761 g/mol. The fourth-order valence-corrected chi connectivity index (χ4v) is 8.70. The van der Waals surface area contributed by atoms with Gasteiger partial charge in [0.25, 0.3) is 0 Å². The number of amides is 1. The smallest absolute Gasteiger partial charge is 0.435 e. The van der Waals surface area contributed by atoms with Gasteiger partial charge in [0, 0.05) is 78.2 Å². The molecule has 3 fully saturated rings. The van der Waals surface area contributed by atoms with Crippen LogP contribution in [0.1, 0.15) is 43.7 Å². The highest BCUT2D eigenvalue weighted by atomic mass is 79.9. The molecular formula is C33H42Br2N7O4+. The summed E-state index contributed by atoms with van der Waals surface area (Å²) in [5.74, 6) is 0.476. The number of hydrogen-bond donors (Lipinski definition) is 2. The molecule has 2 unspecified atom stereocenters. The van der Waals surface area contributed by atoms with Gasteiger partial charge in [-0.1, -0.05) is 36.4 Å². The van der Waals surface area contributed by atoms with Gasteiger partial charge in [-0.25, -0.2) is 14.0 Å². The molecular weight excluding hydrogens is 718 g/mol. The van der Waals surface area contributed by atoms with Gasteiger partial charge in [-0.15, -0.1) is 5.10 Å². The number of rotatable bonds is 8. The summed E-state index contributed by atoms with van der Waals surface area (Å²) in [6.07, 6.45) is 2.51. The van der Waals surface area contributed by atoms with E-state index in [1.165, 1.54) is 4.68 Å². The molecule has 6 rings (SSSR count). The van der Waals surface area contributed by atoms with Crippen molar-refractivity contribution in [1.29, 1.82) is 0 Å². The van der Waals surface area contributed by atoms with Gasteiger partial charge in [0.15, 0.2) is 11.5 Å². The Morgan fingerprint density at radius 1 is 1.02 bits per heavy atom. The van der Waals surface area contributed by atoms with Crippen LogP contribution in [0.25, 0.3) is 11.4 Å². The molecule has 0 bridgehead atoms. The predicted molar refractivity (Wildman–Crippen MR) is 182 cm³/mol. The van der Waals surface area contributed by atoms with Crippen LogP contribution in [0.4, 0.5) is 4.79 Å². The number of piperazine rings is 1. The molecule has 246 valence electrons. The number of carbonyl (C=O) groups is 2. The van der Waals surface area contributed by atoms with E-state index in [9.17, 15) is 19.5 Å². The number of H-pyrrole nitrogens is 1. The monoisotopic (exact) mass is 758 g/mol. The van der Waals surface area contributed by atoms with E-state index in [-0.39, 0.29) is 35.7 Å². The van der Waals surface area contributed by atoms with Gasteiger partial charge < -0.3 is 14.8 Å². The first kappa shape index (κ1) is 33.2. The maximum atomic E-state index is 13.7. The van der Waals surface area contributed by atoms with Crippen LogP contribution in [0, 0.1) is 0 Å². The maximum absolute atomic E-state index is 13.7. The average Bonchev–Trinajstić information content (AvgIpc) is 3.46. The lowest BCUT2D eigenvalue weighted by Gasteiger charge is -2.58. The van der Waals surface area contributed by atoms with Crippen LogP contribution < -0.4 is 5.69 Å². The van der Waals surface area contributed by atoms with E-state index in [0.29, 0.717) is 37.8 Å². The van der Waals surface area contributed by atoms with E-state index in [4.69, 9.17) is 5.10 Å². The number of carbonyl (C=O) groups excluding carboxylic acids is 1. The van der Waals surface area contributed by atoms with Crippen molar-refractivity contribution in [3.63, 3.8) is 0 Å². The SMILES string of the molecule is CN1CCN(C2CCN(C3(CC=O)CC(n4nc(-c5ccccc5)[nH]c4=O)CC[N@+]3(Cc3ccc(Br)c(Br)c3)C(=O)O)CC2)CC1. The van der Waals surface area contributed by atoms with Crippen LogP contribution in [-0.4, -0.2) is 116 Å². The fourth-order valence-electron chi connectivity index (χ4n) is 8.02. The van der Waals surface area contributed by atoms with Crippen molar-refractivity contribution in [2.75, 3.05) is 52.9 Å². The Balaban J connectivity index is 1.38. The Morgan fingerprint density at radius 3 is 2.39 bits per heavy atom. The van der Waals surface area contributed by atoms with Gasteiger partial charge in [0.2, 0.25) is 0 Å². The third kappa shape index (κ3) is 6.29. The zero-order chi connectivity index (χ0) is 32.5. The van der Waals surface area contributed by atoms with Crippen molar-refractivity contribution in [3.8, 4) is 11.4 Å². The van der Waals surface area contributed by atoms with Crippen LogP contribution in [0.2, 0.25) is 0 Å². The largest absolute Gasteiger partial charge is 0.515 e. The summed E-state index contributed by atoms with van der Waals surface area (Å²) < 4.78 is 2.91. The van der Waals surface area contributed by atoms with Crippen LogP contribution >= 0.6 is 31.9 Å². The van der Waals surface area contributed by atoms with Gasteiger partial charge in [-0.2, -0.15) is 4.79 Å². The molecule has 0 spiro atoms. The first-order valence-corrected chi connectivity index (χ1v) is 17.6. The van der Waals surface area contributed by atoms with Crippen LogP contribution in [-0.2, 0) is 11.3 Å². The summed E-state index contributed by atoms with van der Waals surface area (Å²) >= 11 is 7.13. The number of benzene rings is 2. The van der Waals surface area contributed by atoms with Crippen molar-refractivity contribution in [2.45, 2.75) is 56.4 Å². The molecule has 0 saturated carbocycles. The van der Waals surface area contributed by atoms with E-state index in [1.54, 1.807) is 0 Å². The highest BCUT2D eigenvalue weighted by molar-refractivity contribution is 9.13. The summed E-state index contributed by atoms with van der Waals surface area (Å²) in [4.78, 5) is 49.9. The molecule has 3 aromatic rings. The van der Waals surface area contributed by atoms with E-state index in [0.717, 1.165) is 65.4 Å². The summed E-state index contributed by atoms with van der Waals surface area (Å²) in [6.45, 7) is 5.97. The number of carboxylic acid groups (broad SMARTS) is 1. The molecule has 3 aliphatic heterocycles. The Labute approximate surface area is 286 Å². The highest BCUT2D eigenvalue weighted by Gasteiger charge is 2.63. The number of likely N-dealkylation sites (N-methyl/N-ethyl adjacent to an activating group) is 1. The minimum Gasteiger partial charge on any atom is -0.435 e. The standard InChI is InChI=1S/C33H41Br2N7O4/c1-38-15-17-39(18-16-38)26-9-13-40(14-10-26)33(12-20-43)22-27(41-31(44)36-30(37-41)25-5-3-2-4-6-25)11-19-42(33,32(45)46)23-24-7-8-28(34)29(35)21-24/h2-8,20-21,26-27H,9-19,22-23H2,1H3,(H-,36,37,44,45,46)/p+1/t27?,33?,42-/m0/s1. The van der Waals surface area contributed by atoms with Gasteiger partial charge >= 0.3 is 11.8 Å². The number of aromatic amines is 1. The quantitative estimate of drug-likeness (QED) is 0.249. The first-order valence-electron chi connectivity index (χ1n) is 16.1. The van der Waals surface area contributed by atoms with Crippen LogP contribution in [0.5, 0.6) is 0 Å². The third-order valence-electron chi connectivity index (χ3n) is 10.6. The van der Waals surface area contributed by atoms with Crippen molar-refractivity contribution < 1.29 is 19.2 Å². The van der Waals surface area contributed by atoms with E-state index >= 15 is 0 Å². The lowest BCUT2D eigenvalue weighted by atomic mass is 9.82. The molecule has 2 aromatic carbocycles. The minimum atomic E-state index is -1.07. The zero-order valence-corrected chi connectivity index (χ0v) is 29.3. The number of halogens is 2. The molecule has 2 N–H and O–H groups in total. The topological polar surface area (TPSA) is 115 Å². The molecule has 3 aliphatic rings. The number of nitrogens with zero attached hydrogens (tertiary/aromatic N) is 6. The summed E-state index contributed by atoms with van der Waals surface area (Å²) in [7, 11) is 2.16. The molecule has 13 heteroatoms. The number of nitrogens with one attached hydrogen (secondary N) is 1. The lowest BCUT2D eigenvalue weighted by molar-refractivity contribution is -0.942. The number of aldehydes is 1. The summed E-state index contributed by atoms with van der Waals surface area (Å²) in [6, 6.07) is 15.4. The molecule has 0 radical (unpaired) electrons. The number of piperidine rings is 2. The van der Waals surface area contributed by atoms with Crippen molar-refractivity contribution in [2.24, 2.45) is 0 Å². The molecule has 0 aliphatic carbocycles. The number of quaternary nitrogens is 1. The van der Waals surface area contributed by atoms with Crippen LogP contribution in [0.3, 0.4) is 0 Å². The Hall–Kier alpha value is -2.68. The van der Waals surface area contributed by atoms with Gasteiger partial charge in [-0.3, -0.25) is 14.8 Å². The van der Waals surface area contributed by atoms with Crippen molar-refractivity contribution >= 4 is 44.2 Å². The molecule has 1 aromatic heterocycles. The minimum absolute atomic E-state index is 0.0391. The molecule has 46 heavy (non-hydrogen) atoms. The van der Waals surface area contributed by atoms with Crippen molar-refractivity contribution in [3.05, 3.63) is 73.5 Å². The van der Waals surface area contributed by atoms with Gasteiger partial charge in [0.05, 0.1) is 19.0 Å². The Kier molecular flexibility index (Phi) is 9.98. The molecule has 4 heterocycles. The molecule has 3 atom stereocenters. The lowest BCUT2D eigenvalue weighted by Crippen LogP contribution is -2.77. The van der Waals surface area contributed by atoms with E-state index in [2.05, 4.69) is 58.6 Å². The summed E-state index contributed by atoms with van der Waals surface area (Å²) in [5, 5.41) is 15.9. The fraction of sp³-hybridized carbons (Fsp3) is 0.515. The van der Waals surface area contributed by atoms with Crippen LogP contribution in [0.15, 0.2) is 62.3 Å². The van der Waals surface area contributed by atoms with Gasteiger partial charge in [0.1, 0.15) is 12.8 Å². The molecule has 3 saturated heterocycles. The maximum Gasteiger partial charge on any atom is 0.515 e. The third-order valence-corrected chi connectivity index (χ3v) is 12.4. The zero-order valence-electron chi connectivity index (χ0n) is 26.2. The second-order valence-electron chi connectivity index (χ2n) is 13.0. The number of aromatic nitrogens is 3. The second kappa shape index (κ2) is 13.8. The Bertz CT molecular complexity index is 1600. The molecule has 1 amide bonds. The first-order chi connectivity index (χ1) is 22.2.